The topological polar surface area (TPSA) is 42.4 Å². The van der Waals surface area contributed by atoms with Crippen molar-refractivity contribution in [3.05, 3.63) is 34.7 Å². The third-order valence-electron chi connectivity index (χ3n) is 2.50. The second kappa shape index (κ2) is 5.98. The minimum Gasteiger partial charge on any atom is -0.494 e. The number of thiazole rings is 1. The number of aliphatic hydroxyl groups is 1. The Hall–Kier alpha value is -1.39. The van der Waals surface area contributed by atoms with Crippen molar-refractivity contribution in [2.24, 2.45) is 0 Å². The van der Waals surface area contributed by atoms with E-state index in [9.17, 15) is 5.11 Å². The molecule has 0 bridgehead atoms. The van der Waals surface area contributed by atoms with E-state index in [4.69, 9.17) is 4.74 Å². The number of hydrogen-bond acceptors (Lipinski definition) is 4. The second-order valence-electron chi connectivity index (χ2n) is 4.12. The van der Waals surface area contributed by atoms with E-state index in [1.165, 1.54) is 11.3 Å². The average molecular weight is 263 g/mol. The fourth-order valence-corrected chi connectivity index (χ4v) is 2.32. The van der Waals surface area contributed by atoms with Gasteiger partial charge >= 0.3 is 0 Å². The van der Waals surface area contributed by atoms with Gasteiger partial charge in [0.15, 0.2) is 0 Å². The molecule has 0 amide bonds. The van der Waals surface area contributed by atoms with Crippen LogP contribution in [0, 0.1) is 0 Å². The molecule has 0 fully saturated rings. The lowest BCUT2D eigenvalue weighted by molar-refractivity contribution is 0.199. The molecule has 1 aromatic carbocycles. The number of benzene rings is 1. The Morgan fingerprint density at radius 3 is 2.61 bits per heavy atom. The summed E-state index contributed by atoms with van der Waals surface area (Å²) < 4.78 is 5.53. The van der Waals surface area contributed by atoms with Gasteiger partial charge in [0.2, 0.25) is 0 Å². The highest BCUT2D eigenvalue weighted by molar-refractivity contribution is 7.10. The van der Waals surface area contributed by atoms with E-state index in [1.54, 1.807) is 6.92 Å². The molecule has 0 spiro atoms. The Kier molecular flexibility index (Phi) is 4.33. The van der Waals surface area contributed by atoms with Gasteiger partial charge in [0, 0.05) is 10.9 Å². The molecule has 2 rings (SSSR count). The van der Waals surface area contributed by atoms with Crippen LogP contribution in [-0.2, 0) is 0 Å². The van der Waals surface area contributed by atoms with Crippen molar-refractivity contribution in [1.29, 1.82) is 0 Å². The van der Waals surface area contributed by atoms with Crippen LogP contribution in [0.3, 0.4) is 0 Å². The molecular formula is C14H17NO2S. The van der Waals surface area contributed by atoms with E-state index in [-0.39, 0.29) is 0 Å². The highest BCUT2D eigenvalue weighted by Gasteiger charge is 2.08. The monoisotopic (exact) mass is 263 g/mol. The van der Waals surface area contributed by atoms with Crippen LogP contribution in [-0.4, -0.2) is 16.7 Å². The Morgan fingerprint density at radius 1 is 1.33 bits per heavy atom. The molecule has 1 N–H and O–H groups in total. The maximum atomic E-state index is 9.45. The van der Waals surface area contributed by atoms with Gasteiger partial charge in [-0.3, -0.25) is 0 Å². The minimum absolute atomic E-state index is 0.504. The summed E-state index contributed by atoms with van der Waals surface area (Å²) in [5, 5.41) is 12.2. The van der Waals surface area contributed by atoms with Gasteiger partial charge in [0.25, 0.3) is 0 Å². The normalized spacial score (nSPS) is 12.4. The van der Waals surface area contributed by atoms with Crippen molar-refractivity contribution >= 4 is 11.3 Å². The average Bonchev–Trinajstić information content (AvgIpc) is 2.87. The zero-order valence-electron chi connectivity index (χ0n) is 10.6. The molecule has 18 heavy (non-hydrogen) atoms. The number of hydrogen-bond donors (Lipinski definition) is 1. The van der Waals surface area contributed by atoms with E-state index in [0.717, 1.165) is 35.0 Å². The lowest BCUT2D eigenvalue weighted by Gasteiger charge is -2.04. The third kappa shape index (κ3) is 3.09. The van der Waals surface area contributed by atoms with E-state index < -0.39 is 6.10 Å². The van der Waals surface area contributed by atoms with Crippen LogP contribution >= 0.6 is 11.3 Å². The fourth-order valence-electron chi connectivity index (χ4n) is 1.55. The molecule has 3 nitrogen and oxygen atoms in total. The van der Waals surface area contributed by atoms with Crippen molar-refractivity contribution in [2.45, 2.75) is 26.4 Å². The number of rotatable bonds is 5. The van der Waals surface area contributed by atoms with Crippen LogP contribution in [0.2, 0.25) is 0 Å². The first-order valence-electron chi connectivity index (χ1n) is 6.07. The second-order valence-corrected chi connectivity index (χ2v) is 5.01. The molecule has 1 atom stereocenters. The first kappa shape index (κ1) is 13.1. The third-order valence-corrected chi connectivity index (χ3v) is 3.52. The fraction of sp³-hybridized carbons (Fsp3) is 0.357. The zero-order valence-corrected chi connectivity index (χ0v) is 11.4. The first-order valence-corrected chi connectivity index (χ1v) is 6.95. The Morgan fingerprint density at radius 2 is 2.06 bits per heavy atom. The van der Waals surface area contributed by atoms with Crippen molar-refractivity contribution in [2.75, 3.05) is 6.61 Å². The van der Waals surface area contributed by atoms with Crippen molar-refractivity contribution in [3.8, 4) is 17.0 Å². The van der Waals surface area contributed by atoms with Crippen LogP contribution in [0.5, 0.6) is 5.75 Å². The smallest absolute Gasteiger partial charge is 0.122 e. The van der Waals surface area contributed by atoms with Crippen molar-refractivity contribution in [1.82, 2.24) is 4.98 Å². The van der Waals surface area contributed by atoms with Crippen LogP contribution < -0.4 is 4.74 Å². The molecule has 0 radical (unpaired) electrons. The molecule has 0 saturated carbocycles. The summed E-state index contributed by atoms with van der Waals surface area (Å²) in [6.07, 6.45) is 0.502. The standard InChI is InChI=1S/C14H17NO2S/c1-3-8-17-12-6-4-11(5-7-12)13-9-18-14(15-13)10(2)16/h4-7,9-10,16H,3,8H2,1-2H3. The van der Waals surface area contributed by atoms with E-state index in [2.05, 4.69) is 11.9 Å². The Labute approximate surface area is 111 Å². The molecule has 96 valence electrons. The zero-order chi connectivity index (χ0) is 13.0. The summed E-state index contributed by atoms with van der Waals surface area (Å²) in [5.74, 6) is 0.881. The van der Waals surface area contributed by atoms with Crippen LogP contribution in [0.1, 0.15) is 31.4 Å². The number of aliphatic hydroxyl groups excluding tert-OH is 1. The number of aromatic nitrogens is 1. The van der Waals surface area contributed by atoms with Gasteiger partial charge in [-0.15, -0.1) is 11.3 Å². The molecule has 0 aliphatic rings. The Balaban J connectivity index is 2.12. The van der Waals surface area contributed by atoms with Crippen LogP contribution in [0.4, 0.5) is 0 Å². The summed E-state index contributed by atoms with van der Waals surface area (Å²) >= 11 is 1.48. The maximum Gasteiger partial charge on any atom is 0.122 e. The van der Waals surface area contributed by atoms with E-state index in [1.807, 2.05) is 29.6 Å². The van der Waals surface area contributed by atoms with Gasteiger partial charge in [-0.05, 0) is 37.6 Å². The summed E-state index contributed by atoms with van der Waals surface area (Å²) in [5.41, 5.74) is 1.94. The first-order chi connectivity index (χ1) is 8.70. The summed E-state index contributed by atoms with van der Waals surface area (Å²) in [4.78, 5) is 4.40. The van der Waals surface area contributed by atoms with E-state index in [0.29, 0.717) is 0 Å². The van der Waals surface area contributed by atoms with Crippen LogP contribution in [0.25, 0.3) is 11.3 Å². The molecule has 2 aromatic rings. The van der Waals surface area contributed by atoms with Gasteiger partial charge < -0.3 is 9.84 Å². The predicted octanol–water partition coefficient (Wildman–Crippen LogP) is 3.65. The van der Waals surface area contributed by atoms with Gasteiger partial charge in [-0.1, -0.05) is 6.92 Å². The van der Waals surface area contributed by atoms with Gasteiger partial charge in [-0.25, -0.2) is 4.98 Å². The molecule has 0 aliphatic heterocycles. The highest BCUT2D eigenvalue weighted by atomic mass is 32.1. The highest BCUT2D eigenvalue weighted by Crippen LogP contribution is 2.26. The number of nitrogens with zero attached hydrogens (tertiary/aromatic N) is 1. The van der Waals surface area contributed by atoms with Gasteiger partial charge in [-0.2, -0.15) is 0 Å². The quantitative estimate of drug-likeness (QED) is 0.895. The van der Waals surface area contributed by atoms with Crippen LogP contribution in [0.15, 0.2) is 29.6 Å². The van der Waals surface area contributed by atoms with Gasteiger partial charge in [0.1, 0.15) is 16.9 Å². The maximum absolute atomic E-state index is 9.45. The van der Waals surface area contributed by atoms with E-state index >= 15 is 0 Å². The summed E-state index contributed by atoms with van der Waals surface area (Å²) in [6.45, 7) is 4.55. The number of ether oxygens (including phenoxy) is 1. The molecule has 0 saturated heterocycles. The molecule has 1 heterocycles. The lowest BCUT2D eigenvalue weighted by Crippen LogP contribution is -1.94. The van der Waals surface area contributed by atoms with Crippen molar-refractivity contribution in [3.63, 3.8) is 0 Å². The summed E-state index contributed by atoms with van der Waals surface area (Å²) in [6, 6.07) is 7.89. The summed E-state index contributed by atoms with van der Waals surface area (Å²) in [7, 11) is 0. The minimum atomic E-state index is -0.504. The molecule has 4 heteroatoms. The largest absolute Gasteiger partial charge is 0.494 e. The molecule has 1 aromatic heterocycles. The molecule has 0 aliphatic carbocycles. The molecule has 1 unspecified atom stereocenters. The predicted molar refractivity (Wildman–Crippen MR) is 74.0 cm³/mol. The van der Waals surface area contributed by atoms with Crippen molar-refractivity contribution < 1.29 is 9.84 Å². The molecular weight excluding hydrogens is 246 g/mol. The van der Waals surface area contributed by atoms with Gasteiger partial charge in [0.05, 0.1) is 12.3 Å². The SMILES string of the molecule is CCCOc1ccc(-c2csc(C(C)O)n2)cc1. The lowest BCUT2D eigenvalue weighted by atomic mass is 10.2. The Bertz CT molecular complexity index is 491.